The van der Waals surface area contributed by atoms with Crippen LogP contribution in [-0.2, 0) is 19.6 Å². The van der Waals surface area contributed by atoms with Crippen LogP contribution in [0, 0.1) is 0 Å². The van der Waals surface area contributed by atoms with E-state index < -0.39 is 15.9 Å². The lowest BCUT2D eigenvalue weighted by Gasteiger charge is -2.09. The first kappa shape index (κ1) is 22.6. The quantitative estimate of drug-likeness (QED) is 0.475. The van der Waals surface area contributed by atoms with E-state index >= 15 is 0 Å². The number of rotatable bonds is 11. The summed E-state index contributed by atoms with van der Waals surface area (Å²) in [5.41, 5.74) is 5.88. The van der Waals surface area contributed by atoms with Gasteiger partial charge in [-0.3, -0.25) is 4.79 Å². The lowest BCUT2D eigenvalue weighted by atomic mass is 10.3. The molecule has 0 aromatic heterocycles. The van der Waals surface area contributed by atoms with Gasteiger partial charge in [-0.15, -0.1) is 12.4 Å². The highest BCUT2D eigenvalue weighted by atomic mass is 35.5. The summed E-state index contributed by atoms with van der Waals surface area (Å²) in [5.74, 6) is 0.115. The molecule has 0 aliphatic heterocycles. The number of sulfonamides is 1. The summed E-state index contributed by atoms with van der Waals surface area (Å²) >= 11 is 0. The van der Waals surface area contributed by atoms with E-state index in [4.69, 9.17) is 15.2 Å². The summed E-state index contributed by atoms with van der Waals surface area (Å²) in [6.07, 6.45) is 0.373. The van der Waals surface area contributed by atoms with E-state index in [0.717, 1.165) is 0 Å². The number of carbonyl (C=O) groups excluding carboxylic acids is 1. The molecule has 1 aromatic carbocycles. The molecule has 0 saturated carbocycles. The van der Waals surface area contributed by atoms with Crippen molar-refractivity contribution in [2.24, 2.45) is 5.73 Å². The Kier molecular flexibility index (Phi) is 11.3. The second-order valence-electron chi connectivity index (χ2n) is 4.70. The zero-order valence-electron chi connectivity index (χ0n) is 13.5. The van der Waals surface area contributed by atoms with E-state index in [-0.39, 0.29) is 24.7 Å². The number of benzene rings is 1. The molecule has 0 atom stereocenters. The van der Waals surface area contributed by atoms with Crippen LogP contribution in [0.4, 0.5) is 5.69 Å². The number of halogens is 1. The Labute approximate surface area is 148 Å². The predicted octanol–water partition coefficient (Wildman–Crippen LogP) is 0.340. The molecule has 0 unspecified atom stereocenters. The average Bonchev–Trinajstić information content (AvgIpc) is 2.53. The van der Waals surface area contributed by atoms with Crippen LogP contribution in [0.25, 0.3) is 0 Å². The molecule has 0 radical (unpaired) electrons. The molecule has 1 aromatic rings. The standard InChI is InChI=1S/C14H23N3O5S.ClH/c1-21-8-2-10-23(19,20)16-11-14(18)17-12-3-5-13(6-4-12)22-9-7-15;/h3-6,16H,2,7-11,15H2,1H3,(H,17,18);1H. The number of anilines is 1. The Balaban J connectivity index is 0.00000529. The number of nitrogens with two attached hydrogens (primary N) is 1. The van der Waals surface area contributed by atoms with Crippen LogP contribution in [0.1, 0.15) is 6.42 Å². The molecule has 138 valence electrons. The molecule has 1 amide bonds. The van der Waals surface area contributed by atoms with Crippen LogP contribution in [0.3, 0.4) is 0 Å². The zero-order valence-corrected chi connectivity index (χ0v) is 15.1. The van der Waals surface area contributed by atoms with E-state index in [2.05, 4.69) is 10.0 Å². The third-order valence-electron chi connectivity index (χ3n) is 2.74. The van der Waals surface area contributed by atoms with Crippen molar-refractivity contribution in [2.75, 3.05) is 44.5 Å². The number of hydrogen-bond donors (Lipinski definition) is 3. The van der Waals surface area contributed by atoms with E-state index in [0.29, 0.717) is 37.6 Å². The van der Waals surface area contributed by atoms with Crippen LogP contribution in [0.2, 0.25) is 0 Å². The Morgan fingerprint density at radius 3 is 2.46 bits per heavy atom. The maximum atomic E-state index is 11.7. The molecule has 0 fully saturated rings. The second-order valence-corrected chi connectivity index (χ2v) is 6.62. The lowest BCUT2D eigenvalue weighted by molar-refractivity contribution is -0.115. The minimum absolute atomic E-state index is 0. The van der Waals surface area contributed by atoms with Crippen LogP contribution >= 0.6 is 12.4 Å². The van der Waals surface area contributed by atoms with Gasteiger partial charge < -0.3 is 20.5 Å². The first-order valence-corrected chi connectivity index (χ1v) is 8.81. The maximum Gasteiger partial charge on any atom is 0.239 e. The van der Waals surface area contributed by atoms with Gasteiger partial charge in [-0.2, -0.15) is 0 Å². The SMILES string of the molecule is COCCCS(=O)(=O)NCC(=O)Nc1ccc(OCCN)cc1.Cl. The van der Waals surface area contributed by atoms with Gasteiger partial charge in [0.2, 0.25) is 15.9 Å². The zero-order chi connectivity index (χ0) is 17.1. The molecule has 0 aliphatic rings. The van der Waals surface area contributed by atoms with Crippen LogP contribution in [-0.4, -0.2) is 53.5 Å². The van der Waals surface area contributed by atoms with Gasteiger partial charge in [0, 0.05) is 25.9 Å². The lowest BCUT2D eigenvalue weighted by Crippen LogP contribution is -2.34. The van der Waals surface area contributed by atoms with Crippen molar-refractivity contribution in [2.45, 2.75) is 6.42 Å². The highest BCUT2D eigenvalue weighted by Crippen LogP contribution is 2.15. The van der Waals surface area contributed by atoms with E-state index in [9.17, 15) is 13.2 Å². The number of amides is 1. The summed E-state index contributed by atoms with van der Waals surface area (Å²) in [6.45, 7) is 0.867. The third kappa shape index (κ3) is 9.68. The van der Waals surface area contributed by atoms with Crippen molar-refractivity contribution < 1.29 is 22.7 Å². The minimum atomic E-state index is -3.48. The Bertz CT molecular complexity index is 581. The highest BCUT2D eigenvalue weighted by Gasteiger charge is 2.12. The van der Waals surface area contributed by atoms with Gasteiger partial charge in [0.05, 0.1) is 12.3 Å². The fourth-order valence-corrected chi connectivity index (χ4v) is 2.65. The fraction of sp³-hybridized carbons (Fsp3) is 0.500. The molecule has 0 saturated heterocycles. The Morgan fingerprint density at radius 1 is 1.21 bits per heavy atom. The summed E-state index contributed by atoms with van der Waals surface area (Å²) < 4.78 is 35.6. The van der Waals surface area contributed by atoms with Crippen molar-refractivity contribution >= 4 is 34.0 Å². The smallest absolute Gasteiger partial charge is 0.239 e. The Hall–Kier alpha value is -1.39. The van der Waals surface area contributed by atoms with Crippen molar-refractivity contribution in [3.8, 4) is 5.75 Å². The minimum Gasteiger partial charge on any atom is -0.492 e. The summed E-state index contributed by atoms with van der Waals surface area (Å²) in [5, 5.41) is 2.59. The van der Waals surface area contributed by atoms with Crippen LogP contribution in [0.5, 0.6) is 5.75 Å². The van der Waals surface area contributed by atoms with Gasteiger partial charge in [-0.25, -0.2) is 13.1 Å². The first-order valence-electron chi connectivity index (χ1n) is 7.16. The van der Waals surface area contributed by atoms with Gasteiger partial charge in [0.25, 0.3) is 0 Å². The Morgan fingerprint density at radius 2 is 1.88 bits per heavy atom. The first-order chi connectivity index (χ1) is 11.0. The van der Waals surface area contributed by atoms with Crippen molar-refractivity contribution in [3.63, 3.8) is 0 Å². The summed E-state index contributed by atoms with van der Waals surface area (Å²) in [4.78, 5) is 11.7. The molecule has 10 heteroatoms. The number of hydrogen-bond acceptors (Lipinski definition) is 6. The average molecular weight is 382 g/mol. The molecule has 0 spiro atoms. The maximum absolute atomic E-state index is 11.7. The monoisotopic (exact) mass is 381 g/mol. The number of methoxy groups -OCH3 is 1. The van der Waals surface area contributed by atoms with Crippen LogP contribution < -0.4 is 20.5 Å². The fourth-order valence-electron chi connectivity index (χ4n) is 1.66. The van der Waals surface area contributed by atoms with Gasteiger partial charge in [-0.05, 0) is 30.7 Å². The second kappa shape index (κ2) is 12.0. The number of carbonyl (C=O) groups is 1. The molecule has 24 heavy (non-hydrogen) atoms. The van der Waals surface area contributed by atoms with E-state index in [1.54, 1.807) is 24.3 Å². The normalized spacial score (nSPS) is 10.8. The summed E-state index contributed by atoms with van der Waals surface area (Å²) in [7, 11) is -1.98. The van der Waals surface area contributed by atoms with Gasteiger partial charge in [0.15, 0.2) is 0 Å². The largest absolute Gasteiger partial charge is 0.492 e. The van der Waals surface area contributed by atoms with Crippen molar-refractivity contribution in [1.29, 1.82) is 0 Å². The number of ether oxygens (including phenoxy) is 2. The molecule has 4 N–H and O–H groups in total. The highest BCUT2D eigenvalue weighted by molar-refractivity contribution is 7.89. The van der Waals surface area contributed by atoms with Gasteiger partial charge in [-0.1, -0.05) is 0 Å². The van der Waals surface area contributed by atoms with Crippen molar-refractivity contribution in [1.82, 2.24) is 4.72 Å². The topological polar surface area (TPSA) is 120 Å². The van der Waals surface area contributed by atoms with Gasteiger partial charge in [0.1, 0.15) is 12.4 Å². The van der Waals surface area contributed by atoms with E-state index in [1.165, 1.54) is 7.11 Å². The number of nitrogens with one attached hydrogen (secondary N) is 2. The van der Waals surface area contributed by atoms with Crippen LogP contribution in [0.15, 0.2) is 24.3 Å². The molecule has 1 rings (SSSR count). The van der Waals surface area contributed by atoms with Gasteiger partial charge >= 0.3 is 0 Å². The molecule has 0 aliphatic carbocycles. The van der Waals surface area contributed by atoms with Crippen molar-refractivity contribution in [3.05, 3.63) is 24.3 Å². The molecule has 0 bridgehead atoms. The molecular weight excluding hydrogens is 358 g/mol. The molecular formula is C14H24ClN3O5S. The third-order valence-corrected chi connectivity index (χ3v) is 4.15. The van der Waals surface area contributed by atoms with E-state index in [1.807, 2.05) is 0 Å². The molecule has 0 heterocycles. The predicted molar refractivity (Wildman–Crippen MR) is 95.2 cm³/mol. The summed E-state index contributed by atoms with van der Waals surface area (Å²) in [6, 6.07) is 6.72. The molecule has 8 nitrogen and oxygen atoms in total.